The van der Waals surface area contributed by atoms with Gasteiger partial charge in [-0.1, -0.05) is 36.4 Å². The molecule has 0 aliphatic rings. The van der Waals surface area contributed by atoms with Gasteiger partial charge in [-0.25, -0.2) is 0 Å². The number of benzene rings is 1. The van der Waals surface area contributed by atoms with Crippen LogP contribution in [-0.4, -0.2) is 24.0 Å². The molecule has 1 heterocycles. The van der Waals surface area contributed by atoms with E-state index in [1.807, 2.05) is 51.2 Å². The maximum atomic E-state index is 10.8. The number of nitrogens with zero attached hydrogens (tertiary/aromatic N) is 1. The summed E-state index contributed by atoms with van der Waals surface area (Å²) in [6.45, 7) is 8.51. The van der Waals surface area contributed by atoms with E-state index in [9.17, 15) is 4.79 Å². The van der Waals surface area contributed by atoms with E-state index in [0.29, 0.717) is 22.4 Å². The fraction of sp³-hybridized carbons (Fsp3) is 0.174. The van der Waals surface area contributed by atoms with Crippen LogP contribution in [0.3, 0.4) is 0 Å². The van der Waals surface area contributed by atoms with E-state index >= 15 is 0 Å². The van der Waals surface area contributed by atoms with Crippen molar-refractivity contribution in [2.24, 2.45) is 0 Å². The molecule has 4 N–H and O–H groups in total. The predicted octanol–water partition coefficient (Wildman–Crippen LogP) is 4.33. The van der Waals surface area contributed by atoms with Crippen molar-refractivity contribution < 1.29 is 4.79 Å². The highest BCUT2D eigenvalue weighted by Crippen LogP contribution is 2.18. The summed E-state index contributed by atoms with van der Waals surface area (Å²) in [6, 6.07) is 10.8. The Bertz CT molecular complexity index is 863. The second-order valence-corrected chi connectivity index (χ2v) is 6.26. The molecule has 146 valence electrons. The molecule has 1 aromatic heterocycles. The molecule has 28 heavy (non-hydrogen) atoms. The van der Waals surface area contributed by atoms with Crippen LogP contribution >= 0.6 is 0 Å². The van der Waals surface area contributed by atoms with E-state index in [-0.39, 0.29) is 5.71 Å². The number of carbonyl (C=O) groups excluding carboxylic acids is 1. The van der Waals surface area contributed by atoms with Crippen molar-refractivity contribution in [2.45, 2.75) is 20.4 Å². The molecule has 0 saturated heterocycles. The quantitative estimate of drug-likeness (QED) is 0.290. The van der Waals surface area contributed by atoms with Crippen LogP contribution in [0, 0.1) is 5.41 Å². The van der Waals surface area contributed by atoms with Gasteiger partial charge in [-0.3, -0.25) is 15.2 Å². The van der Waals surface area contributed by atoms with Crippen LogP contribution < -0.4 is 11.1 Å². The maximum absolute atomic E-state index is 10.8. The van der Waals surface area contributed by atoms with Crippen molar-refractivity contribution in [3.05, 3.63) is 95.4 Å². The third kappa shape index (κ3) is 7.51. The van der Waals surface area contributed by atoms with Crippen molar-refractivity contribution in [2.75, 3.05) is 12.8 Å². The summed E-state index contributed by atoms with van der Waals surface area (Å²) in [7, 11) is 1.91. The molecule has 2 rings (SSSR count). The van der Waals surface area contributed by atoms with Gasteiger partial charge in [-0.15, -0.1) is 0 Å². The molecule has 0 saturated carbocycles. The van der Waals surface area contributed by atoms with Gasteiger partial charge in [0, 0.05) is 29.6 Å². The first-order valence-corrected chi connectivity index (χ1v) is 8.89. The molecule has 2 aromatic rings. The zero-order chi connectivity index (χ0) is 20.9. The SMILES string of the molecule is C=C/C(=C\C=C(C)C)C(=N)c1cc(C=O)ccc1N.CNCc1ccccn1. The van der Waals surface area contributed by atoms with Gasteiger partial charge in [0.05, 0.1) is 11.4 Å². The molecule has 0 bridgehead atoms. The van der Waals surface area contributed by atoms with Gasteiger partial charge in [0.2, 0.25) is 0 Å². The topological polar surface area (TPSA) is 91.9 Å². The van der Waals surface area contributed by atoms with Crippen molar-refractivity contribution in [3.8, 4) is 0 Å². The summed E-state index contributed by atoms with van der Waals surface area (Å²) < 4.78 is 0. The van der Waals surface area contributed by atoms with Crippen LogP contribution in [0.15, 0.2) is 78.5 Å². The van der Waals surface area contributed by atoms with E-state index in [1.54, 1.807) is 30.5 Å². The lowest BCUT2D eigenvalue weighted by molar-refractivity contribution is 0.112. The van der Waals surface area contributed by atoms with Crippen LogP contribution in [0.4, 0.5) is 5.69 Å². The minimum atomic E-state index is 0.258. The van der Waals surface area contributed by atoms with Crippen molar-refractivity contribution in [1.29, 1.82) is 5.41 Å². The summed E-state index contributed by atoms with van der Waals surface area (Å²) in [5, 5.41) is 11.2. The third-order valence-electron chi connectivity index (χ3n) is 3.67. The predicted molar refractivity (Wildman–Crippen MR) is 118 cm³/mol. The number of hydrogen-bond donors (Lipinski definition) is 3. The van der Waals surface area contributed by atoms with Crippen LogP contribution in [0.2, 0.25) is 0 Å². The number of rotatable bonds is 7. The lowest BCUT2D eigenvalue weighted by Gasteiger charge is -2.09. The Morgan fingerprint density at radius 2 is 2.00 bits per heavy atom. The fourth-order valence-electron chi connectivity index (χ4n) is 2.21. The molecule has 5 heteroatoms. The Morgan fingerprint density at radius 1 is 1.25 bits per heavy atom. The van der Waals surface area contributed by atoms with Crippen molar-refractivity contribution >= 4 is 17.7 Å². The van der Waals surface area contributed by atoms with E-state index in [2.05, 4.69) is 16.9 Å². The van der Waals surface area contributed by atoms with Gasteiger partial charge in [-0.05, 0) is 56.8 Å². The summed E-state index contributed by atoms with van der Waals surface area (Å²) in [6.07, 6.45) is 7.87. The van der Waals surface area contributed by atoms with Gasteiger partial charge in [0.25, 0.3) is 0 Å². The molecule has 0 aliphatic heterocycles. The Labute approximate surface area is 167 Å². The number of carbonyl (C=O) groups is 1. The number of aldehydes is 1. The zero-order valence-electron chi connectivity index (χ0n) is 16.7. The molecule has 5 nitrogen and oxygen atoms in total. The molecular formula is C23H28N4O. The second kappa shape index (κ2) is 12.1. The van der Waals surface area contributed by atoms with Crippen LogP contribution in [-0.2, 0) is 6.54 Å². The Balaban J connectivity index is 0.000000362. The van der Waals surface area contributed by atoms with E-state index in [4.69, 9.17) is 11.1 Å². The number of pyridine rings is 1. The number of aromatic nitrogens is 1. The highest BCUT2D eigenvalue weighted by atomic mass is 16.1. The number of anilines is 1. The average molecular weight is 377 g/mol. The van der Waals surface area contributed by atoms with Crippen LogP contribution in [0.5, 0.6) is 0 Å². The van der Waals surface area contributed by atoms with Gasteiger partial charge >= 0.3 is 0 Å². The number of nitrogens with two attached hydrogens (primary N) is 1. The molecule has 0 fully saturated rings. The lowest BCUT2D eigenvalue weighted by atomic mass is 9.98. The first-order valence-electron chi connectivity index (χ1n) is 8.89. The zero-order valence-corrected chi connectivity index (χ0v) is 16.7. The molecule has 0 spiro atoms. The Kier molecular flexibility index (Phi) is 9.86. The first kappa shape index (κ1) is 22.7. The highest BCUT2D eigenvalue weighted by Gasteiger charge is 2.09. The molecule has 1 aromatic carbocycles. The smallest absolute Gasteiger partial charge is 0.150 e. The monoisotopic (exact) mass is 376 g/mol. The third-order valence-corrected chi connectivity index (χ3v) is 3.67. The maximum Gasteiger partial charge on any atom is 0.150 e. The van der Waals surface area contributed by atoms with E-state index < -0.39 is 0 Å². The highest BCUT2D eigenvalue weighted by molar-refractivity contribution is 6.15. The normalized spacial score (nSPS) is 10.3. The Morgan fingerprint density at radius 3 is 2.54 bits per heavy atom. The number of allylic oxidation sites excluding steroid dienone is 5. The molecule has 0 radical (unpaired) electrons. The van der Waals surface area contributed by atoms with Crippen molar-refractivity contribution in [1.82, 2.24) is 10.3 Å². The van der Waals surface area contributed by atoms with Crippen molar-refractivity contribution in [3.63, 3.8) is 0 Å². The lowest BCUT2D eigenvalue weighted by Crippen LogP contribution is -2.06. The summed E-state index contributed by atoms with van der Waals surface area (Å²) >= 11 is 0. The molecule has 0 unspecified atom stereocenters. The summed E-state index contributed by atoms with van der Waals surface area (Å²) in [4.78, 5) is 14.9. The van der Waals surface area contributed by atoms with E-state index in [1.165, 1.54) is 0 Å². The molecule has 0 amide bonds. The average Bonchev–Trinajstić information content (AvgIpc) is 2.70. The molecule has 0 aliphatic carbocycles. The minimum absolute atomic E-state index is 0.258. The van der Waals surface area contributed by atoms with E-state index in [0.717, 1.165) is 24.1 Å². The van der Waals surface area contributed by atoms with Crippen LogP contribution in [0.1, 0.15) is 35.5 Å². The standard InChI is InChI=1S/C16H18N2O.C7H10N2/c1-4-13(7-5-11(2)3)16(18)14-9-12(10-19)6-8-15(14)17;1-8-6-7-4-2-3-5-9-7/h4-10,18H,1,17H2,2-3H3;2-5,8H,6H2,1H3/b13-7+,18-16?;. The number of nitrogens with one attached hydrogen (secondary N) is 2. The Hall–Kier alpha value is -3.31. The first-order chi connectivity index (χ1) is 13.4. The molecular weight excluding hydrogens is 348 g/mol. The summed E-state index contributed by atoms with van der Waals surface area (Å²) in [5.41, 5.74) is 10.5. The summed E-state index contributed by atoms with van der Waals surface area (Å²) in [5.74, 6) is 0. The molecule has 0 atom stereocenters. The second-order valence-electron chi connectivity index (χ2n) is 6.26. The van der Waals surface area contributed by atoms with Gasteiger partial charge in [0.1, 0.15) is 6.29 Å². The number of hydrogen-bond acceptors (Lipinski definition) is 5. The number of nitrogen functional groups attached to an aromatic ring is 1. The largest absolute Gasteiger partial charge is 0.398 e. The fourth-order valence-corrected chi connectivity index (χ4v) is 2.21. The van der Waals surface area contributed by atoms with Gasteiger partial charge < -0.3 is 11.1 Å². The van der Waals surface area contributed by atoms with Gasteiger partial charge in [0.15, 0.2) is 0 Å². The van der Waals surface area contributed by atoms with Crippen LogP contribution in [0.25, 0.3) is 0 Å². The van der Waals surface area contributed by atoms with Gasteiger partial charge in [-0.2, -0.15) is 0 Å². The minimum Gasteiger partial charge on any atom is -0.398 e.